The summed E-state index contributed by atoms with van der Waals surface area (Å²) < 4.78 is 18.0. The summed E-state index contributed by atoms with van der Waals surface area (Å²) in [5.74, 6) is 2.30. The van der Waals surface area contributed by atoms with Crippen LogP contribution in [0.4, 0.5) is 0 Å². The third kappa shape index (κ3) is 7.15. The highest BCUT2D eigenvalue weighted by Crippen LogP contribution is 2.45. The zero-order valence-corrected chi connectivity index (χ0v) is 22.8. The van der Waals surface area contributed by atoms with Crippen molar-refractivity contribution in [3.8, 4) is 11.5 Å². The number of aliphatic hydroxyl groups excluding tert-OH is 1. The summed E-state index contributed by atoms with van der Waals surface area (Å²) in [6.45, 7) is 13.3. The Morgan fingerprint density at radius 3 is 2.43 bits per heavy atom. The maximum absolute atomic E-state index is 9.29. The van der Waals surface area contributed by atoms with Crippen molar-refractivity contribution >= 4 is 0 Å². The Bertz CT molecular complexity index is 1110. The number of benzene rings is 2. The molecule has 0 bridgehead atoms. The molecule has 2 aliphatic rings. The van der Waals surface area contributed by atoms with Crippen LogP contribution in [0.1, 0.15) is 69.6 Å². The fraction of sp³-hybridized carbons (Fsp3) is 0.455. The smallest absolute Gasteiger partial charge is 0.120 e. The number of hydrogen-bond donors (Lipinski definition) is 1. The average molecular weight is 503 g/mol. The molecule has 2 aromatic rings. The summed E-state index contributed by atoms with van der Waals surface area (Å²) in [4.78, 5) is 0. The molecular formula is C33H42O4. The summed E-state index contributed by atoms with van der Waals surface area (Å²) in [5.41, 5.74) is 4.89. The van der Waals surface area contributed by atoms with Crippen molar-refractivity contribution < 1.29 is 19.3 Å². The van der Waals surface area contributed by atoms with Crippen molar-refractivity contribution in [2.24, 2.45) is 5.92 Å². The van der Waals surface area contributed by atoms with E-state index >= 15 is 0 Å². The van der Waals surface area contributed by atoms with Gasteiger partial charge in [-0.2, -0.15) is 0 Å². The minimum Gasteiger partial charge on any atom is -0.491 e. The molecule has 37 heavy (non-hydrogen) atoms. The molecule has 0 spiro atoms. The molecule has 4 nitrogen and oxygen atoms in total. The Labute approximate surface area is 222 Å². The van der Waals surface area contributed by atoms with E-state index in [4.69, 9.17) is 14.2 Å². The molecule has 1 N–H and O–H groups in total. The van der Waals surface area contributed by atoms with Crippen molar-refractivity contribution in [2.75, 3.05) is 13.2 Å². The van der Waals surface area contributed by atoms with Crippen molar-refractivity contribution in [3.05, 3.63) is 95.6 Å². The van der Waals surface area contributed by atoms with Gasteiger partial charge in [-0.15, -0.1) is 0 Å². The molecule has 0 aromatic heterocycles. The molecule has 2 aromatic carbocycles. The Kier molecular flexibility index (Phi) is 8.94. The van der Waals surface area contributed by atoms with Gasteiger partial charge in [-0.05, 0) is 100 Å². The number of fused-ring (bicyclic) bond motifs is 1. The highest BCUT2D eigenvalue weighted by molar-refractivity contribution is 5.48. The SMILES string of the molecule is C=C(/C=C\C=C/C)[C@H]1CCc2cc(OC(C)(C)C)ccc2[C@H]1c1ccc(OC[C@H]2CC[C@H](CO)O2)cc1. The lowest BCUT2D eigenvalue weighted by Crippen LogP contribution is -2.25. The van der Waals surface area contributed by atoms with Crippen LogP contribution in [0.3, 0.4) is 0 Å². The molecule has 1 saturated heterocycles. The molecule has 1 aliphatic heterocycles. The van der Waals surface area contributed by atoms with E-state index in [0.29, 0.717) is 12.5 Å². The number of aryl methyl sites for hydroxylation is 1. The molecule has 4 heteroatoms. The van der Waals surface area contributed by atoms with Crippen LogP contribution >= 0.6 is 0 Å². The van der Waals surface area contributed by atoms with Crippen molar-refractivity contribution in [1.82, 2.24) is 0 Å². The van der Waals surface area contributed by atoms with E-state index in [2.05, 4.69) is 88.0 Å². The molecular weight excluding hydrogens is 460 g/mol. The van der Waals surface area contributed by atoms with Gasteiger partial charge in [0.2, 0.25) is 0 Å². The monoisotopic (exact) mass is 502 g/mol. The fourth-order valence-electron chi connectivity index (χ4n) is 5.44. The van der Waals surface area contributed by atoms with Gasteiger partial charge in [0.15, 0.2) is 0 Å². The summed E-state index contributed by atoms with van der Waals surface area (Å²) in [5, 5.41) is 9.29. The molecule has 4 atom stereocenters. The minimum atomic E-state index is -0.227. The van der Waals surface area contributed by atoms with Gasteiger partial charge in [0.25, 0.3) is 0 Å². The second-order valence-corrected chi connectivity index (χ2v) is 11.2. The number of allylic oxidation sites excluding steroid dienone is 5. The fourth-order valence-corrected chi connectivity index (χ4v) is 5.44. The van der Waals surface area contributed by atoms with Crippen molar-refractivity contribution in [3.63, 3.8) is 0 Å². The molecule has 1 heterocycles. The summed E-state index contributed by atoms with van der Waals surface area (Å²) in [6.07, 6.45) is 12.2. The molecule has 198 valence electrons. The van der Waals surface area contributed by atoms with E-state index in [0.717, 1.165) is 42.8 Å². The standard InChI is InChI=1S/C33H42O4/c1-6-7-8-9-23(2)30-18-12-25-20-27(37-33(3,4)5)17-19-31(25)32(30)24-10-13-26(14-11-24)35-22-29-16-15-28(21-34)36-29/h6-11,13-14,17,19-20,28-30,32,34H,2,12,15-16,18,21-22H2,1,3-5H3/b7-6-,9-8-/t28-,29-,30-,32+/m1/s1. The van der Waals surface area contributed by atoms with Gasteiger partial charge in [0.05, 0.1) is 18.8 Å². The highest BCUT2D eigenvalue weighted by atomic mass is 16.5. The lowest BCUT2D eigenvalue weighted by Gasteiger charge is -2.35. The third-order valence-corrected chi connectivity index (χ3v) is 7.16. The maximum atomic E-state index is 9.29. The molecule has 1 aliphatic carbocycles. The topological polar surface area (TPSA) is 47.9 Å². The number of aliphatic hydroxyl groups is 1. The summed E-state index contributed by atoms with van der Waals surface area (Å²) in [7, 11) is 0. The quantitative estimate of drug-likeness (QED) is 0.370. The van der Waals surface area contributed by atoms with Gasteiger partial charge in [0.1, 0.15) is 23.7 Å². The van der Waals surface area contributed by atoms with Gasteiger partial charge in [-0.1, -0.05) is 54.7 Å². The van der Waals surface area contributed by atoms with Gasteiger partial charge >= 0.3 is 0 Å². The number of hydrogen-bond acceptors (Lipinski definition) is 4. The van der Waals surface area contributed by atoms with E-state index in [1.165, 1.54) is 16.7 Å². The van der Waals surface area contributed by atoms with Crippen LogP contribution in [0.2, 0.25) is 0 Å². The second kappa shape index (κ2) is 12.1. The maximum Gasteiger partial charge on any atom is 0.120 e. The molecule has 0 amide bonds. The van der Waals surface area contributed by atoms with Gasteiger partial charge in [-0.3, -0.25) is 0 Å². The number of rotatable bonds is 9. The summed E-state index contributed by atoms with van der Waals surface area (Å²) in [6, 6.07) is 15.1. The van der Waals surface area contributed by atoms with Gasteiger partial charge in [-0.25, -0.2) is 0 Å². The summed E-state index contributed by atoms with van der Waals surface area (Å²) >= 11 is 0. The van der Waals surface area contributed by atoms with Crippen LogP contribution in [0.5, 0.6) is 11.5 Å². The van der Waals surface area contributed by atoms with Crippen LogP contribution in [0, 0.1) is 5.92 Å². The Hall–Kier alpha value is -2.82. The zero-order chi connectivity index (χ0) is 26.4. The van der Waals surface area contributed by atoms with Crippen LogP contribution in [0.15, 0.2) is 78.9 Å². The van der Waals surface area contributed by atoms with E-state index in [1.54, 1.807) is 0 Å². The van der Waals surface area contributed by atoms with E-state index < -0.39 is 0 Å². The van der Waals surface area contributed by atoms with E-state index in [1.807, 2.05) is 13.0 Å². The van der Waals surface area contributed by atoms with Crippen LogP contribution in [-0.4, -0.2) is 36.1 Å². The second-order valence-electron chi connectivity index (χ2n) is 11.2. The number of ether oxygens (including phenoxy) is 3. The van der Waals surface area contributed by atoms with Gasteiger partial charge in [0, 0.05) is 5.92 Å². The first kappa shape index (κ1) is 27.2. The molecule has 0 radical (unpaired) electrons. The molecule has 0 saturated carbocycles. The largest absolute Gasteiger partial charge is 0.491 e. The predicted molar refractivity (Wildman–Crippen MR) is 150 cm³/mol. The Morgan fingerprint density at radius 2 is 1.76 bits per heavy atom. The average Bonchev–Trinajstić information content (AvgIpc) is 3.34. The molecule has 1 fully saturated rings. The van der Waals surface area contributed by atoms with Crippen LogP contribution in [0.25, 0.3) is 0 Å². The first-order valence-electron chi connectivity index (χ1n) is 13.6. The lowest BCUT2D eigenvalue weighted by atomic mass is 9.69. The minimum absolute atomic E-state index is 0.0447. The van der Waals surface area contributed by atoms with Crippen molar-refractivity contribution in [1.29, 1.82) is 0 Å². The van der Waals surface area contributed by atoms with Gasteiger partial charge < -0.3 is 19.3 Å². The first-order chi connectivity index (χ1) is 17.8. The Morgan fingerprint density at radius 1 is 1.03 bits per heavy atom. The molecule has 0 unspecified atom stereocenters. The van der Waals surface area contributed by atoms with E-state index in [9.17, 15) is 5.11 Å². The normalized spacial score (nSPS) is 23.9. The lowest BCUT2D eigenvalue weighted by molar-refractivity contribution is -0.00722. The van der Waals surface area contributed by atoms with E-state index in [-0.39, 0.29) is 30.3 Å². The third-order valence-electron chi connectivity index (χ3n) is 7.16. The molecule has 4 rings (SSSR count). The predicted octanol–water partition coefficient (Wildman–Crippen LogP) is 7.17. The zero-order valence-electron chi connectivity index (χ0n) is 22.8. The highest BCUT2D eigenvalue weighted by Gasteiger charge is 2.32. The van der Waals surface area contributed by atoms with Crippen molar-refractivity contribution in [2.45, 2.75) is 77.1 Å². The van der Waals surface area contributed by atoms with Crippen LogP contribution in [-0.2, 0) is 11.2 Å². The van der Waals surface area contributed by atoms with Crippen LogP contribution < -0.4 is 9.47 Å². The Balaban J connectivity index is 1.57. The first-order valence-corrected chi connectivity index (χ1v) is 13.6.